The maximum Gasteiger partial charge on any atom is 0.325 e. The Kier molecular flexibility index (Phi) is 5.38. The summed E-state index contributed by atoms with van der Waals surface area (Å²) in [4.78, 5) is 22.9. The van der Waals surface area contributed by atoms with Gasteiger partial charge in [-0.3, -0.25) is 19.0 Å². The molecule has 0 saturated carbocycles. The Morgan fingerprint density at radius 2 is 2.00 bits per heavy atom. The lowest BCUT2D eigenvalue weighted by Crippen LogP contribution is -2.17. The monoisotopic (exact) mass is 333 g/mol. The molecule has 1 amide bonds. The molecule has 24 heavy (non-hydrogen) atoms. The molecule has 2 N–H and O–H groups in total. The fourth-order valence-electron chi connectivity index (χ4n) is 2.52. The Hall–Kier alpha value is -2.64. The van der Waals surface area contributed by atoms with Gasteiger partial charge in [0.05, 0.1) is 12.1 Å². The minimum Gasteiger partial charge on any atom is -0.480 e. The summed E-state index contributed by atoms with van der Waals surface area (Å²) in [6.07, 6.45) is 1.72. The highest BCUT2D eigenvalue weighted by atomic mass is 16.4. The van der Waals surface area contributed by atoms with E-state index in [9.17, 15) is 9.59 Å². The molecule has 0 atom stereocenters. The van der Waals surface area contributed by atoms with Gasteiger partial charge in [-0.15, -0.1) is 0 Å². The highest BCUT2D eigenvalue weighted by Crippen LogP contribution is 2.16. The van der Waals surface area contributed by atoms with Crippen molar-refractivity contribution < 1.29 is 14.7 Å². The largest absolute Gasteiger partial charge is 0.480 e. The van der Waals surface area contributed by atoms with E-state index in [4.69, 9.17) is 5.11 Å². The van der Waals surface area contributed by atoms with Gasteiger partial charge in [0, 0.05) is 30.1 Å². The molecule has 8 heteroatoms. The second-order valence-electron chi connectivity index (χ2n) is 6.24. The van der Waals surface area contributed by atoms with Crippen molar-refractivity contribution in [2.45, 2.75) is 47.2 Å². The lowest BCUT2D eigenvalue weighted by Gasteiger charge is -2.08. The van der Waals surface area contributed by atoms with Gasteiger partial charge in [-0.25, -0.2) is 0 Å². The Labute approximate surface area is 140 Å². The van der Waals surface area contributed by atoms with E-state index in [2.05, 4.69) is 29.4 Å². The first-order valence-corrected chi connectivity index (χ1v) is 7.84. The van der Waals surface area contributed by atoms with Gasteiger partial charge in [0.25, 0.3) is 0 Å². The molecule has 0 aliphatic carbocycles. The van der Waals surface area contributed by atoms with Gasteiger partial charge in [-0.05, 0) is 19.8 Å². The number of rotatable bonds is 7. The van der Waals surface area contributed by atoms with Crippen LogP contribution in [-0.2, 0) is 29.1 Å². The van der Waals surface area contributed by atoms with Crippen molar-refractivity contribution in [2.24, 2.45) is 5.92 Å². The number of aryl methyl sites for hydroxylation is 1. The van der Waals surface area contributed by atoms with Crippen LogP contribution in [0.2, 0.25) is 0 Å². The maximum atomic E-state index is 12.2. The lowest BCUT2D eigenvalue weighted by atomic mass is 10.1. The zero-order chi connectivity index (χ0) is 17.9. The number of hydrogen-bond acceptors (Lipinski definition) is 4. The summed E-state index contributed by atoms with van der Waals surface area (Å²) in [7, 11) is 0. The molecule has 130 valence electrons. The third kappa shape index (κ3) is 4.43. The first-order valence-electron chi connectivity index (χ1n) is 7.84. The number of amides is 1. The van der Waals surface area contributed by atoms with Crippen LogP contribution in [-0.4, -0.2) is 36.5 Å². The predicted octanol–water partition coefficient (Wildman–Crippen LogP) is 1.62. The summed E-state index contributed by atoms with van der Waals surface area (Å²) in [5.74, 6) is -0.375. The molecule has 0 spiro atoms. The molecule has 0 fully saturated rings. The number of nitrogens with zero attached hydrogens (tertiary/aromatic N) is 4. The van der Waals surface area contributed by atoms with Gasteiger partial charge in [0.1, 0.15) is 6.54 Å². The zero-order valence-electron chi connectivity index (χ0n) is 14.4. The minimum atomic E-state index is -0.986. The molecule has 8 nitrogen and oxygen atoms in total. The fraction of sp³-hybridized carbons (Fsp3) is 0.500. The molecular weight excluding hydrogens is 310 g/mol. The van der Waals surface area contributed by atoms with Crippen molar-refractivity contribution in [1.29, 1.82) is 0 Å². The van der Waals surface area contributed by atoms with Gasteiger partial charge in [-0.2, -0.15) is 10.2 Å². The quantitative estimate of drug-likeness (QED) is 0.801. The summed E-state index contributed by atoms with van der Waals surface area (Å²) in [6, 6.07) is 1.57. The molecule has 0 aliphatic heterocycles. The average molecular weight is 333 g/mol. The number of hydrogen-bond donors (Lipinski definition) is 2. The number of carboxylic acid groups (broad SMARTS) is 1. The van der Waals surface area contributed by atoms with Crippen LogP contribution in [0.15, 0.2) is 12.3 Å². The second kappa shape index (κ2) is 7.29. The number of anilines is 1. The molecule has 2 aromatic rings. The van der Waals surface area contributed by atoms with Crippen LogP contribution in [0.4, 0.5) is 5.82 Å². The molecule has 0 radical (unpaired) electrons. The summed E-state index contributed by atoms with van der Waals surface area (Å²) >= 11 is 0. The summed E-state index contributed by atoms with van der Waals surface area (Å²) in [5.41, 5.74) is 2.76. The molecule has 2 rings (SSSR count). The Bertz CT molecular complexity index is 745. The first kappa shape index (κ1) is 17.7. The Morgan fingerprint density at radius 3 is 2.62 bits per heavy atom. The highest BCUT2D eigenvalue weighted by molar-refractivity contribution is 5.91. The second-order valence-corrected chi connectivity index (χ2v) is 6.24. The van der Waals surface area contributed by atoms with Gasteiger partial charge >= 0.3 is 5.97 Å². The summed E-state index contributed by atoms with van der Waals surface area (Å²) < 4.78 is 3.19. The normalized spacial score (nSPS) is 11.0. The number of carbonyl (C=O) groups is 2. The van der Waals surface area contributed by atoms with Crippen LogP contribution in [0.1, 0.15) is 30.8 Å². The lowest BCUT2D eigenvalue weighted by molar-refractivity contribution is -0.137. The van der Waals surface area contributed by atoms with Gasteiger partial charge in [-0.1, -0.05) is 13.8 Å². The molecule has 0 saturated heterocycles. The molecule has 2 heterocycles. The third-order valence-corrected chi connectivity index (χ3v) is 3.61. The molecular formula is C16H23N5O3. The number of aromatic nitrogens is 4. The topological polar surface area (TPSA) is 102 Å². The standard InChI is InChI=1S/C16H23N5O3/c1-10(2)8-21-12(4)13(11(3)18-21)7-15(22)17-14-5-6-20(19-14)9-16(23)24/h5-6,10H,7-9H2,1-4H3,(H,23,24)(H,17,19,22). The molecule has 2 aromatic heterocycles. The molecule has 0 aromatic carbocycles. The van der Waals surface area contributed by atoms with Crippen LogP contribution >= 0.6 is 0 Å². The van der Waals surface area contributed by atoms with E-state index in [0.29, 0.717) is 11.7 Å². The number of aliphatic carboxylic acids is 1. The molecule has 0 bridgehead atoms. The van der Waals surface area contributed by atoms with E-state index in [1.165, 1.54) is 10.9 Å². The number of carbonyl (C=O) groups excluding carboxylic acids is 1. The Morgan fingerprint density at radius 1 is 1.29 bits per heavy atom. The average Bonchev–Trinajstić information content (AvgIpc) is 2.97. The van der Waals surface area contributed by atoms with Crippen LogP contribution in [0, 0.1) is 19.8 Å². The van der Waals surface area contributed by atoms with Gasteiger partial charge < -0.3 is 10.4 Å². The van der Waals surface area contributed by atoms with E-state index in [1.807, 2.05) is 18.5 Å². The third-order valence-electron chi connectivity index (χ3n) is 3.61. The van der Waals surface area contributed by atoms with Crippen molar-refractivity contribution in [3.05, 3.63) is 29.2 Å². The smallest absolute Gasteiger partial charge is 0.325 e. The van der Waals surface area contributed by atoms with E-state index in [1.54, 1.807) is 6.07 Å². The SMILES string of the molecule is Cc1nn(CC(C)C)c(C)c1CC(=O)Nc1ccn(CC(=O)O)n1. The predicted molar refractivity (Wildman–Crippen MR) is 88.7 cm³/mol. The summed E-state index contributed by atoms with van der Waals surface area (Å²) in [6.45, 7) is 8.68. The van der Waals surface area contributed by atoms with E-state index < -0.39 is 5.97 Å². The van der Waals surface area contributed by atoms with Gasteiger partial charge in [0.2, 0.25) is 5.91 Å². The molecule has 0 aliphatic rings. The van der Waals surface area contributed by atoms with Crippen molar-refractivity contribution in [2.75, 3.05) is 5.32 Å². The van der Waals surface area contributed by atoms with Crippen molar-refractivity contribution >= 4 is 17.7 Å². The number of nitrogens with one attached hydrogen (secondary N) is 1. The van der Waals surface area contributed by atoms with Crippen LogP contribution in [0.5, 0.6) is 0 Å². The van der Waals surface area contributed by atoms with Crippen LogP contribution in [0.25, 0.3) is 0 Å². The number of carboxylic acids is 1. The van der Waals surface area contributed by atoms with Crippen molar-refractivity contribution in [3.63, 3.8) is 0 Å². The van der Waals surface area contributed by atoms with E-state index in [-0.39, 0.29) is 18.9 Å². The van der Waals surface area contributed by atoms with Crippen molar-refractivity contribution in [3.8, 4) is 0 Å². The van der Waals surface area contributed by atoms with Gasteiger partial charge in [0.15, 0.2) is 5.82 Å². The maximum absolute atomic E-state index is 12.2. The summed E-state index contributed by atoms with van der Waals surface area (Å²) in [5, 5.41) is 19.9. The zero-order valence-corrected chi connectivity index (χ0v) is 14.4. The van der Waals surface area contributed by atoms with E-state index in [0.717, 1.165) is 23.5 Å². The van der Waals surface area contributed by atoms with Crippen molar-refractivity contribution in [1.82, 2.24) is 19.6 Å². The molecule has 0 unspecified atom stereocenters. The van der Waals surface area contributed by atoms with Crippen LogP contribution < -0.4 is 5.32 Å². The fourth-order valence-corrected chi connectivity index (χ4v) is 2.52. The minimum absolute atomic E-state index is 0.203. The van der Waals surface area contributed by atoms with E-state index >= 15 is 0 Å². The van der Waals surface area contributed by atoms with Crippen LogP contribution in [0.3, 0.4) is 0 Å². The first-order chi connectivity index (χ1) is 11.3. The Balaban J connectivity index is 2.03. The highest BCUT2D eigenvalue weighted by Gasteiger charge is 2.16.